The highest BCUT2D eigenvalue weighted by Crippen LogP contribution is 2.34. The Balaban J connectivity index is 1.65. The van der Waals surface area contributed by atoms with Crippen LogP contribution in [-0.2, 0) is 0 Å². The van der Waals surface area contributed by atoms with Crippen LogP contribution in [0.25, 0.3) is 0 Å². The first-order valence-corrected chi connectivity index (χ1v) is 6.12. The first kappa shape index (κ1) is 11.1. The van der Waals surface area contributed by atoms with Crippen molar-refractivity contribution in [1.82, 2.24) is 4.90 Å². The fraction of sp³-hybridized carbons (Fsp3) is 0.357. The zero-order chi connectivity index (χ0) is 12.5. The van der Waals surface area contributed by atoms with Gasteiger partial charge in [-0.25, -0.2) is 4.79 Å². The van der Waals surface area contributed by atoms with Crippen molar-refractivity contribution in [2.45, 2.75) is 12.5 Å². The molecule has 1 fully saturated rings. The van der Waals surface area contributed by atoms with Gasteiger partial charge < -0.3 is 14.7 Å². The number of amides is 1. The second kappa shape index (κ2) is 4.37. The molecule has 1 heterocycles. The molecule has 0 unspecified atom stereocenters. The number of rotatable bonds is 2. The van der Waals surface area contributed by atoms with E-state index in [-0.39, 0.29) is 6.10 Å². The lowest BCUT2D eigenvalue weighted by molar-refractivity contribution is 0.151. The number of ether oxygens (including phenoxy) is 1. The van der Waals surface area contributed by atoms with E-state index in [9.17, 15) is 4.79 Å². The highest BCUT2D eigenvalue weighted by molar-refractivity contribution is 5.66. The van der Waals surface area contributed by atoms with Crippen molar-refractivity contribution in [3.63, 3.8) is 0 Å². The van der Waals surface area contributed by atoms with Crippen LogP contribution in [0.15, 0.2) is 42.0 Å². The molecular formula is C14H15NO3. The molecule has 0 radical (unpaired) electrons. The maximum absolute atomic E-state index is 10.9. The largest absolute Gasteiger partial charge is 0.486 e. The van der Waals surface area contributed by atoms with Gasteiger partial charge in [-0.05, 0) is 30.2 Å². The molecule has 2 aliphatic rings. The number of hydrogen-bond acceptors (Lipinski definition) is 2. The Hall–Kier alpha value is -1.97. The Morgan fingerprint density at radius 2 is 2.11 bits per heavy atom. The van der Waals surface area contributed by atoms with E-state index in [1.807, 2.05) is 30.3 Å². The number of carboxylic acid groups (broad SMARTS) is 1. The topological polar surface area (TPSA) is 49.8 Å². The second-order valence-electron chi connectivity index (χ2n) is 4.81. The summed E-state index contributed by atoms with van der Waals surface area (Å²) in [5.74, 6) is 1.21. The summed E-state index contributed by atoms with van der Waals surface area (Å²) in [5.41, 5.74) is 1.21. The lowest BCUT2D eigenvalue weighted by Crippen LogP contribution is -2.28. The summed E-state index contributed by atoms with van der Waals surface area (Å²) in [7, 11) is 0. The van der Waals surface area contributed by atoms with Gasteiger partial charge >= 0.3 is 6.09 Å². The van der Waals surface area contributed by atoms with Crippen molar-refractivity contribution < 1.29 is 14.6 Å². The number of carbonyl (C=O) groups is 1. The van der Waals surface area contributed by atoms with E-state index in [0.29, 0.717) is 19.0 Å². The minimum absolute atomic E-state index is 0.0864. The lowest BCUT2D eigenvalue weighted by Gasteiger charge is -2.16. The molecule has 4 heteroatoms. The van der Waals surface area contributed by atoms with Crippen molar-refractivity contribution in [2.24, 2.45) is 5.92 Å². The summed E-state index contributed by atoms with van der Waals surface area (Å²) in [6.45, 7) is 1.14. The average Bonchev–Trinajstić information content (AvgIpc) is 2.88. The van der Waals surface area contributed by atoms with Crippen molar-refractivity contribution in [3.8, 4) is 5.75 Å². The summed E-state index contributed by atoms with van der Waals surface area (Å²) in [4.78, 5) is 12.3. The van der Waals surface area contributed by atoms with Crippen molar-refractivity contribution in [2.75, 3.05) is 13.1 Å². The lowest BCUT2D eigenvalue weighted by atomic mass is 10.1. The summed E-state index contributed by atoms with van der Waals surface area (Å²) < 4.78 is 5.87. The van der Waals surface area contributed by atoms with E-state index >= 15 is 0 Å². The molecule has 0 aromatic heterocycles. The molecule has 1 N–H and O–H groups in total. The number of fused-ring (bicyclic) bond motifs is 1. The molecule has 4 nitrogen and oxygen atoms in total. The Morgan fingerprint density at radius 1 is 1.33 bits per heavy atom. The molecule has 1 amide bonds. The molecule has 1 aromatic carbocycles. The molecule has 1 aliphatic heterocycles. The smallest absolute Gasteiger partial charge is 0.407 e. The predicted molar refractivity (Wildman–Crippen MR) is 66.6 cm³/mol. The van der Waals surface area contributed by atoms with Crippen LogP contribution in [0.5, 0.6) is 5.75 Å². The van der Waals surface area contributed by atoms with Crippen LogP contribution in [0.2, 0.25) is 0 Å². The van der Waals surface area contributed by atoms with E-state index in [0.717, 1.165) is 12.2 Å². The van der Waals surface area contributed by atoms with E-state index in [1.165, 1.54) is 10.5 Å². The molecular weight excluding hydrogens is 230 g/mol. The van der Waals surface area contributed by atoms with Crippen molar-refractivity contribution in [1.29, 1.82) is 0 Å². The molecule has 1 aliphatic carbocycles. The normalized spacial score (nSPS) is 25.8. The number of para-hydroxylation sites is 1. The minimum atomic E-state index is -0.828. The Labute approximate surface area is 105 Å². The molecule has 0 spiro atoms. The zero-order valence-corrected chi connectivity index (χ0v) is 9.95. The van der Waals surface area contributed by atoms with Crippen LogP contribution in [0.4, 0.5) is 4.79 Å². The van der Waals surface area contributed by atoms with Crippen LogP contribution >= 0.6 is 0 Å². The number of nitrogens with zero attached hydrogens (tertiary/aromatic N) is 1. The Bertz CT molecular complexity index is 483. The number of hydrogen-bond donors (Lipinski definition) is 1. The first-order chi connectivity index (χ1) is 8.72. The van der Waals surface area contributed by atoms with Crippen molar-refractivity contribution in [3.05, 3.63) is 42.0 Å². The van der Waals surface area contributed by atoms with Gasteiger partial charge in [-0.2, -0.15) is 0 Å². The molecule has 94 valence electrons. The predicted octanol–water partition coefficient (Wildman–Crippen LogP) is 2.37. The third kappa shape index (κ3) is 2.06. The van der Waals surface area contributed by atoms with Gasteiger partial charge in [0.25, 0.3) is 0 Å². The SMILES string of the molecule is O=C(O)N1CC2=C[C@@H](Oc3ccccc3)C[C@@H]2C1. The van der Waals surface area contributed by atoms with E-state index in [1.54, 1.807) is 0 Å². The quantitative estimate of drug-likeness (QED) is 0.814. The molecule has 18 heavy (non-hydrogen) atoms. The monoisotopic (exact) mass is 245 g/mol. The summed E-state index contributed by atoms with van der Waals surface area (Å²) in [5, 5.41) is 8.94. The van der Waals surface area contributed by atoms with Gasteiger partial charge in [0.05, 0.1) is 0 Å². The van der Waals surface area contributed by atoms with Crippen LogP contribution in [0.1, 0.15) is 6.42 Å². The molecule has 1 saturated heterocycles. The van der Waals surface area contributed by atoms with Crippen LogP contribution in [0.3, 0.4) is 0 Å². The summed E-state index contributed by atoms with van der Waals surface area (Å²) >= 11 is 0. The van der Waals surface area contributed by atoms with Crippen LogP contribution < -0.4 is 4.74 Å². The first-order valence-electron chi connectivity index (χ1n) is 6.12. The molecule has 0 saturated carbocycles. The van der Waals surface area contributed by atoms with Gasteiger partial charge in [0.1, 0.15) is 11.9 Å². The van der Waals surface area contributed by atoms with Gasteiger partial charge in [0.15, 0.2) is 0 Å². The Kier molecular flexibility index (Phi) is 2.70. The van der Waals surface area contributed by atoms with E-state index in [2.05, 4.69) is 6.08 Å². The maximum Gasteiger partial charge on any atom is 0.407 e. The van der Waals surface area contributed by atoms with Gasteiger partial charge in [-0.3, -0.25) is 0 Å². The van der Waals surface area contributed by atoms with Gasteiger partial charge in [0, 0.05) is 19.0 Å². The Morgan fingerprint density at radius 3 is 2.78 bits per heavy atom. The molecule has 2 atom stereocenters. The molecule has 3 rings (SSSR count). The average molecular weight is 245 g/mol. The fourth-order valence-electron chi connectivity index (χ4n) is 2.70. The zero-order valence-electron chi connectivity index (χ0n) is 9.95. The van der Waals surface area contributed by atoms with Crippen LogP contribution in [0, 0.1) is 5.92 Å². The van der Waals surface area contributed by atoms with Gasteiger partial charge in [-0.1, -0.05) is 18.2 Å². The van der Waals surface area contributed by atoms with E-state index in [4.69, 9.17) is 9.84 Å². The highest BCUT2D eigenvalue weighted by atomic mass is 16.5. The summed E-state index contributed by atoms with van der Waals surface area (Å²) in [6, 6.07) is 9.74. The standard InChI is InChI=1S/C14H15NO3/c16-14(17)15-8-10-6-13(7-11(10)9-15)18-12-4-2-1-3-5-12/h1-6,11,13H,7-9H2,(H,16,17)/t11-,13-/m1/s1. The van der Waals surface area contributed by atoms with Gasteiger partial charge in [-0.15, -0.1) is 0 Å². The maximum atomic E-state index is 10.9. The fourth-order valence-corrected chi connectivity index (χ4v) is 2.70. The van der Waals surface area contributed by atoms with Gasteiger partial charge in [0.2, 0.25) is 0 Å². The summed E-state index contributed by atoms with van der Waals surface area (Å²) in [6.07, 6.45) is 2.23. The molecule has 0 bridgehead atoms. The second-order valence-corrected chi connectivity index (χ2v) is 4.81. The third-order valence-electron chi connectivity index (χ3n) is 3.56. The number of likely N-dealkylation sites (tertiary alicyclic amines) is 1. The third-order valence-corrected chi connectivity index (χ3v) is 3.56. The number of benzene rings is 1. The highest BCUT2D eigenvalue weighted by Gasteiger charge is 2.36. The van der Waals surface area contributed by atoms with E-state index < -0.39 is 6.09 Å². The van der Waals surface area contributed by atoms with Crippen molar-refractivity contribution >= 4 is 6.09 Å². The molecule has 1 aromatic rings. The van der Waals surface area contributed by atoms with Crippen LogP contribution in [-0.4, -0.2) is 35.3 Å². The minimum Gasteiger partial charge on any atom is -0.486 e.